The third-order valence-corrected chi connectivity index (χ3v) is 10.2. The third-order valence-electron chi connectivity index (χ3n) is 9.04. The zero-order valence-corrected chi connectivity index (χ0v) is 31.5. The van der Waals surface area contributed by atoms with E-state index in [1.807, 2.05) is 0 Å². The summed E-state index contributed by atoms with van der Waals surface area (Å²) in [6.45, 7) is 0. The molecule has 2 aliphatic carbocycles. The Morgan fingerprint density at radius 1 is 0.683 bits per heavy atom. The zero-order valence-electron chi connectivity index (χ0n) is 28.5. The van der Waals surface area contributed by atoms with Gasteiger partial charge in [-0.05, 0) is 12.1 Å². The van der Waals surface area contributed by atoms with E-state index < -0.39 is 137 Å². The molecule has 2 heterocycles. The topological polar surface area (TPSA) is 130 Å². The monoisotopic (exact) mass is 958 g/mol. The lowest BCUT2D eigenvalue weighted by Crippen LogP contribution is -2.35. The molecule has 0 saturated heterocycles. The van der Waals surface area contributed by atoms with Gasteiger partial charge in [0, 0.05) is 32.0 Å². The van der Waals surface area contributed by atoms with Gasteiger partial charge >= 0.3 is 24.9 Å². The van der Waals surface area contributed by atoms with Crippen LogP contribution >= 0.6 is 46.4 Å². The first-order valence-electron chi connectivity index (χ1n) is 15.4. The van der Waals surface area contributed by atoms with Crippen LogP contribution in [0.1, 0.15) is 40.9 Å². The maximum absolute atomic E-state index is 13.9. The molecular weight excluding hydrogens is 946 g/mol. The molecule has 2 saturated carbocycles. The van der Waals surface area contributed by atoms with Gasteiger partial charge in [0.15, 0.2) is 22.2 Å². The molecule has 29 heteroatoms. The van der Waals surface area contributed by atoms with Crippen LogP contribution in [0.15, 0.2) is 24.3 Å². The molecule has 2 aliphatic rings. The lowest BCUT2D eigenvalue weighted by atomic mass is 9.93. The van der Waals surface area contributed by atoms with Gasteiger partial charge in [0.25, 0.3) is 11.8 Å². The Morgan fingerprint density at radius 2 is 1.05 bits per heavy atom. The van der Waals surface area contributed by atoms with Gasteiger partial charge < -0.3 is 15.8 Å². The van der Waals surface area contributed by atoms with Gasteiger partial charge in [-0.15, -0.1) is 13.2 Å². The second-order valence-electron chi connectivity index (χ2n) is 12.6. The summed E-state index contributed by atoms with van der Waals surface area (Å²) in [7, 11) is 1.06. The number of anilines is 2. The molecule has 0 amide bonds. The molecule has 0 aliphatic heterocycles. The SMILES string of the molecule is CNc1c(C2(C(F)(F)F)CC2(F)F)c(C#N)nn1-c1c(Cl)cc(C(F)(F)F)cc1Cl.N#Cc1nn(-c2c(Cl)cc(OC(F)(F)F)cc2Cl)c(N)c1C1(C(F)(F)F)CC1(F)F. The highest BCUT2D eigenvalue weighted by molar-refractivity contribution is 6.38. The minimum atomic E-state index is -5.48. The molecule has 0 radical (unpaired) electrons. The van der Waals surface area contributed by atoms with Crippen molar-refractivity contribution < 1.29 is 75.0 Å². The van der Waals surface area contributed by atoms with Crippen LogP contribution in [0.2, 0.25) is 20.1 Å². The Kier molecular flexibility index (Phi) is 11.2. The molecule has 2 unspecified atom stereocenters. The van der Waals surface area contributed by atoms with Crippen LogP contribution in [0.5, 0.6) is 5.75 Å². The Balaban J connectivity index is 0.000000228. The smallest absolute Gasteiger partial charge is 0.406 e. The van der Waals surface area contributed by atoms with Gasteiger partial charge in [0.1, 0.15) is 40.9 Å². The first kappa shape index (κ1) is 46.3. The fraction of sp³-hybridized carbons (Fsp3) is 0.355. The fourth-order valence-corrected chi connectivity index (χ4v) is 7.56. The number of nitrogens with zero attached hydrogens (tertiary/aromatic N) is 6. The van der Waals surface area contributed by atoms with E-state index >= 15 is 0 Å². The number of nitriles is 2. The number of benzene rings is 2. The highest BCUT2D eigenvalue weighted by atomic mass is 35.5. The largest absolute Gasteiger partial charge is 0.573 e. The van der Waals surface area contributed by atoms with Crippen molar-refractivity contribution in [2.75, 3.05) is 18.1 Å². The van der Waals surface area contributed by atoms with Crippen molar-refractivity contribution in [3.8, 4) is 29.3 Å². The molecular formula is C31H14Cl4F16N8O. The number of halogens is 20. The lowest BCUT2D eigenvalue weighted by molar-refractivity contribution is -0.274. The Labute approximate surface area is 342 Å². The van der Waals surface area contributed by atoms with Crippen molar-refractivity contribution >= 4 is 58.0 Å². The number of alkyl halides is 16. The predicted octanol–water partition coefficient (Wildman–Crippen LogP) is 11.3. The van der Waals surface area contributed by atoms with E-state index in [1.54, 1.807) is 0 Å². The summed E-state index contributed by atoms with van der Waals surface area (Å²) in [5.74, 6) is -11.1. The lowest BCUT2D eigenvalue weighted by Gasteiger charge is -2.21. The Morgan fingerprint density at radius 3 is 1.40 bits per heavy atom. The number of ether oxygens (including phenoxy) is 1. The van der Waals surface area contributed by atoms with Crippen molar-refractivity contribution in [3.63, 3.8) is 0 Å². The van der Waals surface area contributed by atoms with Crippen LogP contribution < -0.4 is 15.8 Å². The quantitative estimate of drug-likeness (QED) is 0.184. The van der Waals surface area contributed by atoms with E-state index in [-0.39, 0.29) is 0 Å². The van der Waals surface area contributed by atoms with Gasteiger partial charge in [-0.2, -0.15) is 60.2 Å². The Bertz CT molecular complexity index is 2430. The van der Waals surface area contributed by atoms with E-state index in [9.17, 15) is 75.5 Å². The minimum absolute atomic E-state index is 0.387. The fourth-order valence-electron chi connectivity index (χ4n) is 6.28. The van der Waals surface area contributed by atoms with E-state index in [4.69, 9.17) is 57.4 Å². The van der Waals surface area contributed by atoms with Crippen LogP contribution in [0.4, 0.5) is 81.9 Å². The van der Waals surface area contributed by atoms with Crippen molar-refractivity contribution in [1.82, 2.24) is 19.6 Å². The molecule has 0 spiro atoms. The zero-order chi connectivity index (χ0) is 45.7. The second kappa shape index (κ2) is 14.4. The molecule has 60 heavy (non-hydrogen) atoms. The normalized spacial score (nSPS) is 20.7. The predicted molar refractivity (Wildman–Crippen MR) is 177 cm³/mol. The van der Waals surface area contributed by atoms with Gasteiger partial charge in [0.05, 0.1) is 36.8 Å². The number of nitrogens with one attached hydrogen (secondary N) is 1. The molecule has 2 atom stereocenters. The molecule has 2 aromatic heterocycles. The average Bonchev–Trinajstić information content (AvgIpc) is 3.71. The van der Waals surface area contributed by atoms with Crippen LogP contribution in [0.3, 0.4) is 0 Å². The number of hydrogen-bond acceptors (Lipinski definition) is 7. The summed E-state index contributed by atoms with van der Waals surface area (Å²) in [5, 5.41) is 25.1. The van der Waals surface area contributed by atoms with E-state index in [0.717, 1.165) is 7.05 Å². The number of nitrogen functional groups attached to an aromatic ring is 1. The van der Waals surface area contributed by atoms with Gasteiger partial charge in [-0.3, -0.25) is 0 Å². The maximum Gasteiger partial charge on any atom is 0.573 e. The van der Waals surface area contributed by atoms with Crippen LogP contribution in [0, 0.1) is 22.7 Å². The molecule has 324 valence electrons. The number of rotatable bonds is 6. The van der Waals surface area contributed by atoms with Crippen molar-refractivity contribution in [1.29, 1.82) is 10.5 Å². The second-order valence-corrected chi connectivity index (χ2v) is 14.2. The highest BCUT2D eigenvalue weighted by Gasteiger charge is 2.87. The van der Waals surface area contributed by atoms with Crippen LogP contribution in [-0.4, -0.2) is 57.2 Å². The van der Waals surface area contributed by atoms with Crippen LogP contribution in [0.25, 0.3) is 11.4 Å². The summed E-state index contributed by atoms with van der Waals surface area (Å²) in [4.78, 5) is 0. The first-order valence-corrected chi connectivity index (χ1v) is 16.9. The highest BCUT2D eigenvalue weighted by Crippen LogP contribution is 2.71. The van der Waals surface area contributed by atoms with Crippen LogP contribution in [-0.2, 0) is 17.0 Å². The summed E-state index contributed by atoms with van der Waals surface area (Å²) in [6, 6.07) is 4.68. The molecule has 6 rings (SSSR count). The summed E-state index contributed by atoms with van der Waals surface area (Å²) in [5.41, 5.74) is -8.59. The molecule has 2 fully saturated rings. The van der Waals surface area contributed by atoms with Gasteiger partial charge in [-0.25, -0.2) is 26.9 Å². The number of aromatic nitrogens is 4. The average molecular weight is 960 g/mol. The molecule has 2 aromatic carbocycles. The van der Waals surface area contributed by atoms with E-state index in [0.29, 0.717) is 33.6 Å². The van der Waals surface area contributed by atoms with Crippen molar-refractivity contribution in [2.24, 2.45) is 0 Å². The summed E-state index contributed by atoms with van der Waals surface area (Å²) < 4.78 is 217. The number of nitrogens with two attached hydrogens (primary N) is 1. The van der Waals surface area contributed by atoms with E-state index in [2.05, 4.69) is 20.3 Å². The molecule has 9 nitrogen and oxygen atoms in total. The molecule has 0 bridgehead atoms. The van der Waals surface area contributed by atoms with Crippen molar-refractivity contribution in [3.05, 3.63) is 72.4 Å². The first-order chi connectivity index (χ1) is 27.2. The Hall–Kier alpha value is -4.72. The van der Waals surface area contributed by atoms with E-state index in [1.165, 1.54) is 12.1 Å². The summed E-state index contributed by atoms with van der Waals surface area (Å²) in [6.07, 6.45) is -24.1. The molecule has 3 N–H and O–H groups in total. The minimum Gasteiger partial charge on any atom is -0.406 e. The van der Waals surface area contributed by atoms with Gasteiger partial charge in [0.2, 0.25) is 0 Å². The summed E-state index contributed by atoms with van der Waals surface area (Å²) >= 11 is 23.4. The van der Waals surface area contributed by atoms with Crippen molar-refractivity contribution in [2.45, 2.75) is 60.4 Å². The molecule has 4 aromatic rings. The standard InChI is InChI=1S/C16H8Cl2F8N4.C15H6Cl2F8N4O/c1-28-12-10(13(16(24,25)26)5-14(13,19)20)9(4-27)29-30(12)11-7(17)2-6(3-8(11)18)15(21,22)23;16-6-1-5(30-15(23,24)25)2-7(17)10(6)29-11(27)9(8(3-26)28-29)12(14(20,21)22)4-13(12,18)19/h2-3,28H,5H2,1H3;1-2H,4,27H2. The number of hydrogen-bond donors (Lipinski definition) is 2. The third kappa shape index (κ3) is 7.40. The van der Waals surface area contributed by atoms with Gasteiger partial charge in [-0.1, -0.05) is 46.4 Å². The maximum atomic E-state index is 13.9.